The van der Waals surface area contributed by atoms with Crippen molar-refractivity contribution in [2.75, 3.05) is 18.2 Å². The van der Waals surface area contributed by atoms with Crippen LogP contribution in [0, 0.1) is 6.92 Å². The summed E-state index contributed by atoms with van der Waals surface area (Å²) in [6.45, 7) is 6.33. The van der Waals surface area contributed by atoms with Gasteiger partial charge in [0, 0.05) is 11.1 Å². The molecule has 6 nitrogen and oxygen atoms in total. The number of benzene rings is 2. The summed E-state index contributed by atoms with van der Waals surface area (Å²) in [5.41, 5.74) is 3.96. The zero-order valence-corrected chi connectivity index (χ0v) is 17.8. The summed E-state index contributed by atoms with van der Waals surface area (Å²) in [6.07, 6.45) is 0.897. The summed E-state index contributed by atoms with van der Waals surface area (Å²) in [4.78, 5) is 12.6. The van der Waals surface area contributed by atoms with E-state index in [1.54, 1.807) is 7.11 Å². The van der Waals surface area contributed by atoms with E-state index in [-0.39, 0.29) is 17.2 Å². The molecular weight excluding hydrogens is 384 g/mol. The van der Waals surface area contributed by atoms with E-state index in [0.29, 0.717) is 11.4 Å². The molecule has 0 atom stereocenters. The number of methoxy groups -OCH3 is 1. The molecule has 2 heterocycles. The van der Waals surface area contributed by atoms with Crippen molar-refractivity contribution in [1.82, 2.24) is 14.8 Å². The maximum atomic E-state index is 12.6. The minimum Gasteiger partial charge on any atom is -0.495 e. The molecule has 0 saturated heterocycles. The quantitative estimate of drug-likeness (QED) is 0.638. The van der Waals surface area contributed by atoms with Crippen molar-refractivity contribution in [3.8, 4) is 17.1 Å². The highest BCUT2D eigenvalue weighted by Crippen LogP contribution is 2.39. The van der Waals surface area contributed by atoms with Crippen molar-refractivity contribution >= 4 is 23.4 Å². The van der Waals surface area contributed by atoms with E-state index in [4.69, 9.17) is 4.74 Å². The van der Waals surface area contributed by atoms with E-state index < -0.39 is 0 Å². The molecule has 0 bridgehead atoms. The number of hydrogen-bond acceptors (Lipinski definition) is 5. The third-order valence-corrected chi connectivity index (χ3v) is 6.01. The highest BCUT2D eigenvalue weighted by atomic mass is 32.2. The lowest BCUT2D eigenvalue weighted by molar-refractivity contribution is -0.113. The van der Waals surface area contributed by atoms with E-state index in [0.717, 1.165) is 28.5 Å². The summed E-state index contributed by atoms with van der Waals surface area (Å²) in [5, 5.41) is 12.5. The van der Waals surface area contributed by atoms with Gasteiger partial charge in [-0.15, -0.1) is 10.2 Å². The van der Waals surface area contributed by atoms with Crippen molar-refractivity contribution in [2.45, 2.75) is 37.9 Å². The smallest absolute Gasteiger partial charge is 0.234 e. The SMILES string of the molecule is COc1ccc(C)cc1NC(=O)CSc1nnc2n1C(C)(C)Cc1ccccc1-2. The molecule has 7 heteroatoms. The van der Waals surface area contributed by atoms with Gasteiger partial charge in [0.15, 0.2) is 11.0 Å². The molecule has 3 aromatic rings. The summed E-state index contributed by atoms with van der Waals surface area (Å²) in [6, 6.07) is 14.0. The Morgan fingerprint density at radius 1 is 1.24 bits per heavy atom. The Labute approximate surface area is 174 Å². The van der Waals surface area contributed by atoms with Crippen LogP contribution in [-0.4, -0.2) is 33.5 Å². The zero-order valence-electron chi connectivity index (χ0n) is 17.0. The zero-order chi connectivity index (χ0) is 20.6. The van der Waals surface area contributed by atoms with Crippen LogP contribution in [0.25, 0.3) is 11.4 Å². The number of nitrogens with one attached hydrogen (secondary N) is 1. The number of amides is 1. The third kappa shape index (κ3) is 3.74. The van der Waals surface area contributed by atoms with Crippen LogP contribution < -0.4 is 10.1 Å². The largest absolute Gasteiger partial charge is 0.495 e. The van der Waals surface area contributed by atoms with E-state index >= 15 is 0 Å². The molecule has 0 spiro atoms. The van der Waals surface area contributed by atoms with E-state index in [9.17, 15) is 4.79 Å². The van der Waals surface area contributed by atoms with Crippen LogP contribution in [0.3, 0.4) is 0 Å². The second kappa shape index (κ2) is 7.55. The first-order valence-corrected chi connectivity index (χ1v) is 10.5. The summed E-state index contributed by atoms with van der Waals surface area (Å²) >= 11 is 1.40. The Bertz CT molecular complexity index is 1070. The third-order valence-electron chi connectivity index (χ3n) is 5.08. The number of thioether (sulfide) groups is 1. The van der Waals surface area contributed by atoms with Gasteiger partial charge in [-0.25, -0.2) is 0 Å². The van der Waals surface area contributed by atoms with Crippen LogP contribution in [0.2, 0.25) is 0 Å². The Hall–Kier alpha value is -2.80. The Balaban J connectivity index is 1.53. The highest BCUT2D eigenvalue weighted by Gasteiger charge is 2.34. The van der Waals surface area contributed by atoms with Crippen LogP contribution >= 0.6 is 11.8 Å². The van der Waals surface area contributed by atoms with Gasteiger partial charge in [-0.05, 0) is 50.5 Å². The van der Waals surface area contributed by atoms with Crippen molar-refractivity contribution < 1.29 is 9.53 Å². The first-order valence-electron chi connectivity index (χ1n) is 9.50. The predicted molar refractivity (Wildman–Crippen MR) is 116 cm³/mol. The van der Waals surface area contributed by atoms with Gasteiger partial charge in [0.25, 0.3) is 0 Å². The first-order chi connectivity index (χ1) is 13.9. The molecule has 1 aromatic heterocycles. The standard InChI is InChI=1S/C22H24N4O2S/c1-14-9-10-18(28-4)17(11-14)23-19(27)13-29-21-25-24-20-16-8-6-5-7-15(16)12-22(2,3)26(20)21/h5-11H,12-13H2,1-4H3,(H,23,27). The van der Waals surface area contributed by atoms with Crippen LogP contribution in [0.5, 0.6) is 5.75 Å². The fourth-order valence-electron chi connectivity index (χ4n) is 3.76. The Morgan fingerprint density at radius 2 is 2.03 bits per heavy atom. The number of aryl methyl sites for hydroxylation is 1. The average Bonchev–Trinajstić information content (AvgIpc) is 3.12. The van der Waals surface area contributed by atoms with Gasteiger partial charge in [0.05, 0.1) is 18.6 Å². The van der Waals surface area contributed by atoms with E-state index in [1.165, 1.54) is 17.3 Å². The number of aromatic nitrogens is 3. The minimum atomic E-state index is -0.161. The number of anilines is 1. The van der Waals surface area contributed by atoms with Crippen LogP contribution in [-0.2, 0) is 16.8 Å². The monoisotopic (exact) mass is 408 g/mol. The molecule has 1 aliphatic rings. The van der Waals surface area contributed by atoms with Crippen LogP contribution in [0.4, 0.5) is 5.69 Å². The maximum Gasteiger partial charge on any atom is 0.234 e. The Morgan fingerprint density at radius 3 is 2.83 bits per heavy atom. The van der Waals surface area contributed by atoms with Crippen LogP contribution in [0.1, 0.15) is 25.0 Å². The molecule has 29 heavy (non-hydrogen) atoms. The summed E-state index contributed by atoms with van der Waals surface area (Å²) in [7, 11) is 1.59. The van der Waals surface area contributed by atoms with Crippen LogP contribution in [0.15, 0.2) is 47.6 Å². The number of hydrogen-bond donors (Lipinski definition) is 1. The van der Waals surface area contributed by atoms with Crippen molar-refractivity contribution in [2.24, 2.45) is 0 Å². The number of carbonyl (C=O) groups excluding carboxylic acids is 1. The van der Waals surface area contributed by atoms with E-state index in [1.807, 2.05) is 31.2 Å². The van der Waals surface area contributed by atoms with Gasteiger partial charge >= 0.3 is 0 Å². The molecule has 1 amide bonds. The lowest BCUT2D eigenvalue weighted by Crippen LogP contribution is -2.33. The molecule has 1 aliphatic heterocycles. The Kier molecular flexibility index (Phi) is 5.08. The number of nitrogens with zero attached hydrogens (tertiary/aromatic N) is 3. The van der Waals surface area contributed by atoms with Gasteiger partial charge in [-0.1, -0.05) is 42.1 Å². The second-order valence-electron chi connectivity index (χ2n) is 7.83. The second-order valence-corrected chi connectivity index (χ2v) is 8.77. The molecule has 1 N–H and O–H groups in total. The van der Waals surface area contributed by atoms with Gasteiger partial charge in [-0.2, -0.15) is 0 Å². The van der Waals surface area contributed by atoms with Gasteiger partial charge in [0.1, 0.15) is 5.75 Å². The molecule has 4 rings (SSSR count). The molecule has 0 radical (unpaired) electrons. The first kappa shape index (κ1) is 19.5. The number of ether oxygens (including phenoxy) is 1. The van der Waals surface area contributed by atoms with Gasteiger partial charge < -0.3 is 10.1 Å². The lowest BCUT2D eigenvalue weighted by atomic mass is 9.87. The lowest BCUT2D eigenvalue weighted by Gasteiger charge is -2.34. The van der Waals surface area contributed by atoms with Crippen molar-refractivity contribution in [3.63, 3.8) is 0 Å². The van der Waals surface area contributed by atoms with Gasteiger partial charge in [-0.3, -0.25) is 9.36 Å². The predicted octanol–water partition coefficient (Wildman–Crippen LogP) is 4.28. The molecule has 0 unspecified atom stereocenters. The maximum absolute atomic E-state index is 12.6. The number of rotatable bonds is 5. The molecular formula is C22H24N4O2S. The fourth-order valence-corrected chi connectivity index (χ4v) is 4.65. The molecule has 0 saturated carbocycles. The topological polar surface area (TPSA) is 69.0 Å². The molecule has 150 valence electrons. The summed E-state index contributed by atoms with van der Waals surface area (Å²) in [5.74, 6) is 1.64. The van der Waals surface area contributed by atoms with Gasteiger partial charge in [0.2, 0.25) is 5.91 Å². The average molecular weight is 409 g/mol. The van der Waals surface area contributed by atoms with E-state index in [2.05, 4.69) is 52.1 Å². The van der Waals surface area contributed by atoms with Crippen molar-refractivity contribution in [3.05, 3.63) is 53.6 Å². The molecule has 0 aliphatic carbocycles. The molecule has 2 aromatic carbocycles. The normalized spacial score (nSPS) is 14.1. The fraction of sp³-hybridized carbons (Fsp3) is 0.318. The molecule has 0 fully saturated rings. The highest BCUT2D eigenvalue weighted by molar-refractivity contribution is 7.99. The number of fused-ring (bicyclic) bond motifs is 3. The number of carbonyl (C=O) groups is 1. The summed E-state index contributed by atoms with van der Waals surface area (Å²) < 4.78 is 7.49. The minimum absolute atomic E-state index is 0.106. The van der Waals surface area contributed by atoms with Crippen molar-refractivity contribution in [1.29, 1.82) is 0 Å².